The molecule has 0 spiro atoms. The van der Waals surface area contributed by atoms with Crippen LogP contribution in [0, 0.1) is 5.82 Å². The third kappa shape index (κ3) is 2.70. The van der Waals surface area contributed by atoms with E-state index >= 15 is 0 Å². The molecule has 0 bridgehead atoms. The molecule has 0 aromatic heterocycles. The van der Waals surface area contributed by atoms with Gasteiger partial charge in [0.05, 0.1) is 0 Å². The molecule has 0 aliphatic heterocycles. The molecule has 70 valence electrons. The zero-order valence-electron chi connectivity index (χ0n) is 7.13. The van der Waals surface area contributed by atoms with Gasteiger partial charge in [-0.15, -0.1) is 0 Å². The number of nitrogens with zero attached hydrogens (tertiary/aromatic N) is 1. The molecule has 1 amide bonds. The van der Waals surface area contributed by atoms with Gasteiger partial charge in [0.25, 0.3) is 0 Å². The zero-order chi connectivity index (χ0) is 9.84. The highest BCUT2D eigenvalue weighted by Gasteiger charge is 2.07. The van der Waals surface area contributed by atoms with Crippen LogP contribution < -0.4 is 0 Å². The molecule has 0 saturated heterocycles. The first kappa shape index (κ1) is 9.99. The maximum Gasteiger partial charge on any atom is 0.316 e. The summed E-state index contributed by atoms with van der Waals surface area (Å²) in [4.78, 5) is 11.9. The Hall–Kier alpha value is -1.09. The number of carbonyl (C=O) groups is 1. The normalized spacial score (nSPS) is 9.77. The molecule has 13 heavy (non-hydrogen) atoms. The Morgan fingerprint density at radius 2 is 2.15 bits per heavy atom. The van der Waals surface area contributed by atoms with E-state index in [0.29, 0.717) is 5.56 Å². The predicted molar refractivity (Wildman–Crippen MR) is 49.1 cm³/mol. The smallest absolute Gasteiger partial charge is 0.316 e. The highest BCUT2D eigenvalue weighted by molar-refractivity contribution is 6.62. The molecular weight excluding hydrogens is 193 g/mol. The number of hydrogen-bond acceptors (Lipinski definition) is 1. The van der Waals surface area contributed by atoms with Crippen molar-refractivity contribution in [2.45, 2.75) is 6.54 Å². The summed E-state index contributed by atoms with van der Waals surface area (Å²) in [7, 11) is 1.52. The number of carbonyl (C=O) groups excluding carboxylic acids is 1. The second-order valence-corrected chi connectivity index (χ2v) is 3.02. The van der Waals surface area contributed by atoms with E-state index in [1.165, 1.54) is 18.0 Å². The van der Waals surface area contributed by atoms with E-state index in [2.05, 4.69) is 0 Å². The van der Waals surface area contributed by atoms with Crippen molar-refractivity contribution < 1.29 is 9.18 Å². The molecule has 0 atom stereocenters. The average Bonchev–Trinajstić information content (AvgIpc) is 2.08. The minimum Gasteiger partial charge on any atom is -0.328 e. The molecule has 0 heterocycles. The van der Waals surface area contributed by atoms with Crippen molar-refractivity contribution in [2.24, 2.45) is 0 Å². The second kappa shape index (κ2) is 4.23. The topological polar surface area (TPSA) is 20.3 Å². The minimum atomic E-state index is -0.594. The van der Waals surface area contributed by atoms with Crippen LogP contribution in [-0.2, 0) is 6.54 Å². The van der Waals surface area contributed by atoms with E-state index in [4.69, 9.17) is 11.6 Å². The van der Waals surface area contributed by atoms with Crippen LogP contribution in [0.3, 0.4) is 0 Å². The molecule has 0 saturated carbocycles. The van der Waals surface area contributed by atoms with Crippen LogP contribution >= 0.6 is 11.6 Å². The number of amides is 1. The van der Waals surface area contributed by atoms with Crippen molar-refractivity contribution >= 4 is 17.0 Å². The SMILES string of the molecule is CN(Cc1ccccc1F)C(=O)Cl. The van der Waals surface area contributed by atoms with E-state index in [1.807, 2.05) is 0 Å². The quantitative estimate of drug-likeness (QED) is 0.532. The van der Waals surface area contributed by atoms with Crippen LogP contribution in [0.5, 0.6) is 0 Å². The van der Waals surface area contributed by atoms with Gasteiger partial charge in [0, 0.05) is 19.2 Å². The summed E-state index contributed by atoms with van der Waals surface area (Å²) < 4.78 is 13.0. The number of rotatable bonds is 2. The summed E-state index contributed by atoms with van der Waals surface area (Å²) in [6.45, 7) is 0.189. The van der Waals surface area contributed by atoms with Gasteiger partial charge >= 0.3 is 5.37 Å². The van der Waals surface area contributed by atoms with Crippen LogP contribution in [-0.4, -0.2) is 17.3 Å². The summed E-state index contributed by atoms with van der Waals surface area (Å²) in [6.07, 6.45) is 0. The van der Waals surface area contributed by atoms with Crippen LogP contribution in [0.2, 0.25) is 0 Å². The van der Waals surface area contributed by atoms with Crippen LogP contribution in [0.4, 0.5) is 9.18 Å². The Bertz CT molecular complexity index is 316. The monoisotopic (exact) mass is 201 g/mol. The van der Waals surface area contributed by atoms with Gasteiger partial charge in [-0.2, -0.15) is 0 Å². The van der Waals surface area contributed by atoms with Crippen LogP contribution in [0.15, 0.2) is 24.3 Å². The Labute approximate surface area is 80.9 Å². The number of halogens is 2. The molecule has 0 aliphatic rings. The lowest BCUT2D eigenvalue weighted by molar-refractivity contribution is 0.230. The lowest BCUT2D eigenvalue weighted by atomic mass is 10.2. The predicted octanol–water partition coefficient (Wildman–Crippen LogP) is 2.62. The van der Waals surface area contributed by atoms with E-state index in [0.717, 1.165) is 0 Å². The standard InChI is InChI=1S/C9H9ClFNO/c1-12(9(10)13)6-7-4-2-3-5-8(7)11/h2-5H,6H2,1H3. The molecule has 4 heteroatoms. The fourth-order valence-corrected chi connectivity index (χ4v) is 1.00. The van der Waals surface area contributed by atoms with Gasteiger partial charge in [0.15, 0.2) is 0 Å². The first-order valence-electron chi connectivity index (χ1n) is 3.75. The van der Waals surface area contributed by atoms with E-state index < -0.39 is 5.37 Å². The third-order valence-corrected chi connectivity index (χ3v) is 1.95. The van der Waals surface area contributed by atoms with E-state index in [9.17, 15) is 9.18 Å². The van der Waals surface area contributed by atoms with E-state index in [-0.39, 0.29) is 12.4 Å². The van der Waals surface area contributed by atoms with Gasteiger partial charge in [0.1, 0.15) is 5.82 Å². The van der Waals surface area contributed by atoms with Crippen molar-refractivity contribution in [1.82, 2.24) is 4.90 Å². The fourth-order valence-electron chi connectivity index (χ4n) is 0.944. The zero-order valence-corrected chi connectivity index (χ0v) is 7.88. The summed E-state index contributed by atoms with van der Waals surface area (Å²) >= 11 is 5.20. The molecule has 1 rings (SSSR count). The molecule has 1 aromatic rings. The molecule has 1 aromatic carbocycles. The van der Waals surface area contributed by atoms with Crippen LogP contribution in [0.25, 0.3) is 0 Å². The summed E-state index contributed by atoms with van der Waals surface area (Å²) in [5, 5.41) is -0.594. The Balaban J connectivity index is 2.74. The van der Waals surface area contributed by atoms with Gasteiger partial charge in [0.2, 0.25) is 0 Å². The Kier molecular flexibility index (Phi) is 3.25. The van der Waals surface area contributed by atoms with Crippen LogP contribution in [0.1, 0.15) is 5.56 Å². The Morgan fingerprint density at radius 3 is 2.69 bits per heavy atom. The molecule has 0 unspecified atom stereocenters. The molecule has 0 aliphatic carbocycles. The maximum absolute atomic E-state index is 13.0. The summed E-state index contributed by atoms with van der Waals surface area (Å²) in [5.41, 5.74) is 0.457. The molecule has 2 nitrogen and oxygen atoms in total. The Morgan fingerprint density at radius 1 is 1.54 bits per heavy atom. The highest BCUT2D eigenvalue weighted by atomic mass is 35.5. The minimum absolute atomic E-state index is 0.189. The first-order chi connectivity index (χ1) is 6.11. The largest absolute Gasteiger partial charge is 0.328 e. The first-order valence-corrected chi connectivity index (χ1v) is 4.13. The maximum atomic E-state index is 13.0. The van der Waals surface area contributed by atoms with Gasteiger partial charge in [-0.25, -0.2) is 4.39 Å². The van der Waals surface area contributed by atoms with Gasteiger partial charge in [-0.3, -0.25) is 4.79 Å². The van der Waals surface area contributed by atoms with Crippen molar-refractivity contribution in [3.63, 3.8) is 0 Å². The molecular formula is C9H9ClFNO. The molecule has 0 N–H and O–H groups in total. The lowest BCUT2D eigenvalue weighted by Crippen LogP contribution is -2.20. The van der Waals surface area contributed by atoms with Crippen molar-refractivity contribution in [3.8, 4) is 0 Å². The third-order valence-electron chi connectivity index (χ3n) is 1.67. The van der Waals surface area contributed by atoms with E-state index in [1.54, 1.807) is 18.2 Å². The number of benzene rings is 1. The lowest BCUT2D eigenvalue weighted by Gasteiger charge is -2.13. The van der Waals surface area contributed by atoms with Crippen molar-refractivity contribution in [1.29, 1.82) is 0 Å². The summed E-state index contributed by atoms with van der Waals surface area (Å²) in [6, 6.07) is 6.28. The van der Waals surface area contributed by atoms with Gasteiger partial charge < -0.3 is 4.90 Å². The average molecular weight is 202 g/mol. The highest BCUT2D eigenvalue weighted by Crippen LogP contribution is 2.09. The van der Waals surface area contributed by atoms with Gasteiger partial charge in [-0.05, 0) is 17.7 Å². The molecule has 0 radical (unpaired) electrons. The van der Waals surface area contributed by atoms with Gasteiger partial charge in [-0.1, -0.05) is 18.2 Å². The van der Waals surface area contributed by atoms with Crippen molar-refractivity contribution in [2.75, 3.05) is 7.05 Å². The molecule has 0 fully saturated rings. The number of hydrogen-bond donors (Lipinski definition) is 0. The second-order valence-electron chi connectivity index (χ2n) is 2.70. The summed E-state index contributed by atoms with van der Waals surface area (Å²) in [5.74, 6) is -0.327. The van der Waals surface area contributed by atoms with Crippen molar-refractivity contribution in [3.05, 3.63) is 35.6 Å². The fraction of sp³-hybridized carbons (Fsp3) is 0.222.